The van der Waals surface area contributed by atoms with Gasteiger partial charge in [0.25, 0.3) is 0 Å². The molecule has 7 nitrogen and oxygen atoms in total. The first-order valence-electron chi connectivity index (χ1n) is 10.3. The van der Waals surface area contributed by atoms with E-state index in [0.717, 1.165) is 36.0 Å². The van der Waals surface area contributed by atoms with Crippen LogP contribution in [0.5, 0.6) is 0 Å². The summed E-state index contributed by atoms with van der Waals surface area (Å²) in [5.41, 5.74) is 5.40. The summed E-state index contributed by atoms with van der Waals surface area (Å²) in [6.45, 7) is 10.6. The fourth-order valence-electron chi connectivity index (χ4n) is 4.16. The summed E-state index contributed by atoms with van der Waals surface area (Å²) in [4.78, 5) is 11.6. The number of anilines is 2. The van der Waals surface area contributed by atoms with E-state index in [9.17, 15) is 0 Å². The first-order chi connectivity index (χ1) is 14.5. The SMILES string of the molecule is Cc1nn(C(C)C)c(C)c1CN1CCCC1c1csc(Nc2cc(C#N)ccn2)n1. The first kappa shape index (κ1) is 20.5. The second kappa shape index (κ2) is 8.54. The minimum Gasteiger partial charge on any atom is -0.316 e. The maximum absolute atomic E-state index is 9.07. The fourth-order valence-corrected chi connectivity index (χ4v) is 4.92. The molecule has 0 aromatic carbocycles. The van der Waals surface area contributed by atoms with Gasteiger partial charge in [0.2, 0.25) is 0 Å². The van der Waals surface area contributed by atoms with Crippen molar-refractivity contribution in [2.24, 2.45) is 0 Å². The number of hydrogen-bond donors (Lipinski definition) is 1. The largest absolute Gasteiger partial charge is 0.316 e. The second-order valence-corrected chi connectivity index (χ2v) is 8.92. The molecule has 3 aromatic rings. The molecule has 0 amide bonds. The Labute approximate surface area is 181 Å². The lowest BCUT2D eigenvalue weighted by atomic mass is 10.1. The number of nitriles is 1. The van der Waals surface area contributed by atoms with Crippen molar-refractivity contribution in [2.45, 2.75) is 59.2 Å². The third-order valence-electron chi connectivity index (χ3n) is 5.68. The molecule has 30 heavy (non-hydrogen) atoms. The van der Waals surface area contributed by atoms with Gasteiger partial charge in [0, 0.05) is 35.4 Å². The van der Waals surface area contributed by atoms with Gasteiger partial charge in [-0.15, -0.1) is 11.3 Å². The molecule has 8 heteroatoms. The van der Waals surface area contributed by atoms with Crippen LogP contribution in [-0.2, 0) is 6.54 Å². The van der Waals surface area contributed by atoms with Gasteiger partial charge in [-0.1, -0.05) is 0 Å². The highest BCUT2D eigenvalue weighted by Crippen LogP contribution is 2.36. The molecule has 0 spiro atoms. The lowest BCUT2D eigenvalue weighted by Crippen LogP contribution is -2.23. The molecular weight excluding hydrogens is 394 g/mol. The molecule has 3 aromatic heterocycles. The third kappa shape index (κ3) is 4.09. The average Bonchev–Trinajstić information content (AvgIpc) is 3.44. The van der Waals surface area contributed by atoms with Gasteiger partial charge in [-0.25, -0.2) is 9.97 Å². The highest BCUT2D eigenvalue weighted by molar-refractivity contribution is 7.13. The third-order valence-corrected chi connectivity index (χ3v) is 6.45. The Hall–Kier alpha value is -2.76. The van der Waals surface area contributed by atoms with Crippen molar-refractivity contribution in [3.63, 3.8) is 0 Å². The predicted molar refractivity (Wildman–Crippen MR) is 119 cm³/mol. The summed E-state index contributed by atoms with van der Waals surface area (Å²) >= 11 is 1.58. The van der Waals surface area contributed by atoms with Crippen LogP contribution in [0, 0.1) is 25.2 Å². The summed E-state index contributed by atoms with van der Waals surface area (Å²) in [6, 6.07) is 6.25. The van der Waals surface area contributed by atoms with E-state index < -0.39 is 0 Å². The quantitative estimate of drug-likeness (QED) is 0.610. The zero-order valence-electron chi connectivity index (χ0n) is 17.9. The standard InChI is InChI=1S/C22H27N7S/c1-14(2)29-16(4)18(15(3)27-29)12-28-9-5-6-20(28)19-13-30-22(25-19)26-21-10-17(11-23)7-8-24-21/h7-8,10,13-14,20H,5-6,9,12H2,1-4H3,(H,24,25,26). The molecule has 4 heterocycles. The number of aromatic nitrogens is 4. The van der Waals surface area contributed by atoms with Crippen LogP contribution >= 0.6 is 11.3 Å². The van der Waals surface area contributed by atoms with Gasteiger partial charge in [0.15, 0.2) is 5.13 Å². The molecule has 1 fully saturated rings. The number of rotatable bonds is 6. The predicted octanol–water partition coefficient (Wildman–Crippen LogP) is 4.88. The smallest absolute Gasteiger partial charge is 0.188 e. The molecule has 1 unspecified atom stereocenters. The molecule has 0 bridgehead atoms. The van der Waals surface area contributed by atoms with Crippen molar-refractivity contribution >= 4 is 22.3 Å². The molecule has 1 aliphatic rings. The van der Waals surface area contributed by atoms with E-state index in [1.54, 1.807) is 29.7 Å². The highest BCUT2D eigenvalue weighted by Gasteiger charge is 2.29. The van der Waals surface area contributed by atoms with E-state index in [0.29, 0.717) is 23.5 Å². The topological polar surface area (TPSA) is 82.7 Å². The molecule has 0 aliphatic carbocycles. The summed E-state index contributed by atoms with van der Waals surface area (Å²) in [6.07, 6.45) is 3.92. The molecule has 0 radical (unpaired) electrons. The van der Waals surface area contributed by atoms with Gasteiger partial charge < -0.3 is 5.32 Å². The Morgan fingerprint density at radius 3 is 2.93 bits per heavy atom. The van der Waals surface area contributed by atoms with Crippen LogP contribution in [0.2, 0.25) is 0 Å². The van der Waals surface area contributed by atoms with Crippen LogP contribution < -0.4 is 5.32 Å². The molecule has 4 rings (SSSR count). The number of hydrogen-bond acceptors (Lipinski definition) is 7. The maximum Gasteiger partial charge on any atom is 0.188 e. The Kier molecular flexibility index (Phi) is 5.84. The Morgan fingerprint density at radius 2 is 2.20 bits per heavy atom. The fraction of sp³-hybridized carbons (Fsp3) is 0.455. The van der Waals surface area contributed by atoms with Gasteiger partial charge in [-0.05, 0) is 59.2 Å². The Balaban J connectivity index is 1.50. The Morgan fingerprint density at radius 1 is 1.37 bits per heavy atom. The van der Waals surface area contributed by atoms with Crippen molar-refractivity contribution in [1.29, 1.82) is 5.26 Å². The van der Waals surface area contributed by atoms with E-state index >= 15 is 0 Å². The number of nitrogens with zero attached hydrogens (tertiary/aromatic N) is 6. The van der Waals surface area contributed by atoms with Gasteiger partial charge in [-0.2, -0.15) is 10.4 Å². The highest BCUT2D eigenvalue weighted by atomic mass is 32.1. The van der Waals surface area contributed by atoms with Crippen LogP contribution in [0.1, 0.15) is 67.0 Å². The second-order valence-electron chi connectivity index (χ2n) is 8.06. The molecule has 1 atom stereocenters. The van der Waals surface area contributed by atoms with Crippen molar-refractivity contribution in [3.8, 4) is 6.07 Å². The minimum absolute atomic E-state index is 0.316. The number of aryl methyl sites for hydroxylation is 1. The molecule has 1 aliphatic heterocycles. The van der Waals surface area contributed by atoms with Crippen LogP contribution in [-0.4, -0.2) is 31.2 Å². The number of pyridine rings is 1. The normalized spacial score (nSPS) is 16.9. The van der Waals surface area contributed by atoms with Crippen molar-refractivity contribution < 1.29 is 0 Å². The van der Waals surface area contributed by atoms with Crippen molar-refractivity contribution in [2.75, 3.05) is 11.9 Å². The molecular formula is C22H27N7S. The van der Waals surface area contributed by atoms with E-state index in [1.165, 1.54) is 17.7 Å². The van der Waals surface area contributed by atoms with Crippen molar-refractivity contribution in [3.05, 3.63) is 51.9 Å². The van der Waals surface area contributed by atoms with Gasteiger partial charge in [-0.3, -0.25) is 9.58 Å². The first-order valence-corrected chi connectivity index (χ1v) is 11.2. The van der Waals surface area contributed by atoms with Gasteiger partial charge in [0.1, 0.15) is 5.82 Å². The maximum atomic E-state index is 9.07. The average molecular weight is 422 g/mol. The molecule has 0 saturated carbocycles. The lowest BCUT2D eigenvalue weighted by Gasteiger charge is -2.23. The zero-order chi connectivity index (χ0) is 21.3. The number of nitrogens with one attached hydrogen (secondary N) is 1. The zero-order valence-corrected chi connectivity index (χ0v) is 18.7. The van der Waals surface area contributed by atoms with E-state index in [1.807, 2.05) is 0 Å². The molecule has 156 valence electrons. The summed E-state index contributed by atoms with van der Waals surface area (Å²) in [5.74, 6) is 0.644. The summed E-state index contributed by atoms with van der Waals surface area (Å²) < 4.78 is 2.13. The minimum atomic E-state index is 0.316. The molecule has 1 N–H and O–H groups in total. The van der Waals surface area contributed by atoms with E-state index in [4.69, 9.17) is 15.3 Å². The number of likely N-dealkylation sites (tertiary alicyclic amines) is 1. The Bertz CT molecular complexity index is 1080. The van der Waals surface area contributed by atoms with Crippen LogP contribution in [0.25, 0.3) is 0 Å². The van der Waals surface area contributed by atoms with E-state index in [-0.39, 0.29) is 0 Å². The monoisotopic (exact) mass is 421 g/mol. The van der Waals surface area contributed by atoms with Crippen LogP contribution in [0.3, 0.4) is 0 Å². The van der Waals surface area contributed by atoms with Gasteiger partial charge in [0.05, 0.1) is 29.1 Å². The van der Waals surface area contributed by atoms with E-state index in [2.05, 4.69) is 59.0 Å². The van der Waals surface area contributed by atoms with Crippen LogP contribution in [0.4, 0.5) is 10.9 Å². The summed E-state index contributed by atoms with van der Waals surface area (Å²) in [5, 5.41) is 20.0. The van der Waals surface area contributed by atoms with Crippen molar-refractivity contribution in [1.82, 2.24) is 24.6 Å². The lowest BCUT2D eigenvalue weighted by molar-refractivity contribution is 0.244. The molecule has 1 saturated heterocycles. The van der Waals surface area contributed by atoms with Gasteiger partial charge >= 0.3 is 0 Å². The summed E-state index contributed by atoms with van der Waals surface area (Å²) in [7, 11) is 0. The number of thiazole rings is 1. The van der Waals surface area contributed by atoms with Crippen LogP contribution in [0.15, 0.2) is 23.7 Å².